The van der Waals surface area contributed by atoms with E-state index in [1.165, 1.54) is 19.1 Å². The van der Waals surface area contributed by atoms with E-state index in [4.69, 9.17) is 0 Å². The first-order chi connectivity index (χ1) is 14.8. The highest BCUT2D eigenvalue weighted by Gasteiger charge is 2.27. The third-order valence-corrected chi connectivity index (χ3v) is 6.59. The molecular formula is C24H24N2O4S. The van der Waals surface area contributed by atoms with Gasteiger partial charge in [-0.25, -0.2) is 8.42 Å². The number of carbonyl (C=O) groups is 2. The molecule has 31 heavy (non-hydrogen) atoms. The number of rotatable bonds is 8. The molecule has 0 fully saturated rings. The van der Waals surface area contributed by atoms with E-state index in [0.717, 1.165) is 16.3 Å². The molecule has 0 saturated carbocycles. The van der Waals surface area contributed by atoms with Crippen LogP contribution in [0.4, 0.5) is 11.4 Å². The van der Waals surface area contributed by atoms with Crippen LogP contribution in [-0.4, -0.2) is 26.7 Å². The molecule has 0 bridgehead atoms. The van der Waals surface area contributed by atoms with Crippen LogP contribution < -0.4 is 9.62 Å². The molecule has 0 unspecified atom stereocenters. The van der Waals surface area contributed by atoms with Crippen LogP contribution in [0.3, 0.4) is 0 Å². The van der Waals surface area contributed by atoms with Crippen molar-refractivity contribution in [3.8, 4) is 0 Å². The maximum atomic E-state index is 13.3. The third-order valence-electron chi connectivity index (χ3n) is 4.80. The Balaban J connectivity index is 1.92. The number of nitrogens with zero attached hydrogens (tertiary/aromatic N) is 1. The summed E-state index contributed by atoms with van der Waals surface area (Å²) in [5.41, 5.74) is 2.35. The largest absolute Gasteiger partial charge is 0.324 e. The van der Waals surface area contributed by atoms with Crippen LogP contribution in [0, 0.1) is 0 Å². The SMILES string of the molecule is CCc1ccc(N(CC(=O)Nc2cccc(C(C)=O)c2)S(=O)(=O)c2ccccc2)cc1. The van der Waals surface area contributed by atoms with E-state index >= 15 is 0 Å². The first-order valence-corrected chi connectivity index (χ1v) is 11.3. The standard InChI is InChI=1S/C24H24N2O4S/c1-3-19-12-14-22(15-13-19)26(31(29,30)23-10-5-4-6-11-23)17-24(28)25-21-9-7-8-20(16-21)18(2)27/h4-16H,3,17H2,1-2H3,(H,25,28). The number of amides is 1. The van der Waals surface area contributed by atoms with Crippen molar-refractivity contribution in [2.75, 3.05) is 16.2 Å². The van der Waals surface area contributed by atoms with Gasteiger partial charge >= 0.3 is 0 Å². The molecule has 0 saturated heterocycles. The van der Waals surface area contributed by atoms with E-state index in [2.05, 4.69) is 5.32 Å². The summed E-state index contributed by atoms with van der Waals surface area (Å²) in [6.07, 6.45) is 0.818. The van der Waals surface area contributed by atoms with Crippen LogP contribution in [0.15, 0.2) is 83.8 Å². The van der Waals surface area contributed by atoms with Gasteiger partial charge in [0, 0.05) is 11.3 Å². The summed E-state index contributed by atoms with van der Waals surface area (Å²) < 4.78 is 27.7. The first-order valence-electron chi connectivity index (χ1n) is 9.89. The zero-order chi connectivity index (χ0) is 22.4. The number of sulfonamides is 1. The molecule has 3 aromatic rings. The summed E-state index contributed by atoms with van der Waals surface area (Å²) in [4.78, 5) is 24.5. The van der Waals surface area contributed by atoms with Crippen LogP contribution in [-0.2, 0) is 21.2 Å². The van der Waals surface area contributed by atoms with Gasteiger partial charge in [0.15, 0.2) is 5.78 Å². The molecule has 0 aromatic heterocycles. The van der Waals surface area contributed by atoms with E-state index < -0.39 is 22.5 Å². The van der Waals surface area contributed by atoms with Crippen molar-refractivity contribution >= 4 is 33.1 Å². The minimum atomic E-state index is -3.96. The number of hydrogen-bond donors (Lipinski definition) is 1. The Morgan fingerprint density at radius 1 is 0.903 bits per heavy atom. The monoisotopic (exact) mass is 436 g/mol. The summed E-state index contributed by atoms with van der Waals surface area (Å²) in [5.74, 6) is -0.639. The predicted octanol–water partition coefficient (Wildman–Crippen LogP) is 4.29. The molecule has 6 nitrogen and oxygen atoms in total. The molecule has 160 valence electrons. The lowest BCUT2D eigenvalue weighted by molar-refractivity contribution is -0.114. The topological polar surface area (TPSA) is 83.6 Å². The van der Waals surface area contributed by atoms with Gasteiger partial charge in [-0.2, -0.15) is 0 Å². The number of hydrogen-bond acceptors (Lipinski definition) is 4. The lowest BCUT2D eigenvalue weighted by Gasteiger charge is -2.24. The second-order valence-corrected chi connectivity index (χ2v) is 8.89. The van der Waals surface area contributed by atoms with E-state index in [9.17, 15) is 18.0 Å². The van der Waals surface area contributed by atoms with E-state index in [1.54, 1.807) is 54.6 Å². The van der Waals surface area contributed by atoms with Gasteiger partial charge in [0.05, 0.1) is 10.6 Å². The second-order valence-electron chi connectivity index (χ2n) is 7.03. The van der Waals surface area contributed by atoms with Crippen molar-refractivity contribution in [2.24, 2.45) is 0 Å². The maximum Gasteiger partial charge on any atom is 0.264 e. The molecule has 3 rings (SSSR count). The quantitative estimate of drug-likeness (QED) is 0.534. The number of benzene rings is 3. The lowest BCUT2D eigenvalue weighted by Crippen LogP contribution is -2.38. The Morgan fingerprint density at radius 2 is 1.58 bits per heavy atom. The normalized spacial score (nSPS) is 11.0. The number of carbonyl (C=O) groups excluding carboxylic acids is 2. The van der Waals surface area contributed by atoms with Gasteiger partial charge in [0.25, 0.3) is 10.0 Å². The minimum absolute atomic E-state index is 0.0981. The van der Waals surface area contributed by atoms with Gasteiger partial charge in [-0.3, -0.25) is 13.9 Å². The molecule has 1 N–H and O–H groups in total. The smallest absolute Gasteiger partial charge is 0.264 e. The number of aryl methyl sites for hydroxylation is 1. The van der Waals surface area contributed by atoms with Crippen molar-refractivity contribution in [1.29, 1.82) is 0 Å². The fraction of sp³-hybridized carbons (Fsp3) is 0.167. The van der Waals surface area contributed by atoms with Crippen molar-refractivity contribution in [2.45, 2.75) is 25.2 Å². The van der Waals surface area contributed by atoms with Crippen LogP contribution in [0.2, 0.25) is 0 Å². The van der Waals surface area contributed by atoms with Crippen LogP contribution in [0.1, 0.15) is 29.8 Å². The summed E-state index contributed by atoms with van der Waals surface area (Å²) in [6.45, 7) is 3.04. The molecule has 3 aromatic carbocycles. The summed E-state index contributed by atoms with van der Waals surface area (Å²) >= 11 is 0. The number of nitrogens with one attached hydrogen (secondary N) is 1. The van der Waals surface area contributed by atoms with Crippen LogP contribution in [0.25, 0.3) is 0 Å². The molecule has 0 atom stereocenters. The van der Waals surface area contributed by atoms with Gasteiger partial charge in [0.1, 0.15) is 6.54 Å². The Bertz CT molecular complexity index is 1170. The van der Waals surface area contributed by atoms with Gasteiger partial charge in [-0.15, -0.1) is 0 Å². The van der Waals surface area contributed by atoms with Crippen molar-refractivity contribution in [3.05, 3.63) is 90.0 Å². The maximum absolute atomic E-state index is 13.3. The molecule has 0 aliphatic rings. The van der Waals surface area contributed by atoms with Gasteiger partial charge in [-0.05, 0) is 55.3 Å². The van der Waals surface area contributed by atoms with Crippen molar-refractivity contribution in [1.82, 2.24) is 0 Å². The fourth-order valence-corrected chi connectivity index (χ4v) is 4.52. The summed E-state index contributed by atoms with van der Waals surface area (Å²) in [5, 5.41) is 2.69. The Morgan fingerprint density at radius 3 is 2.19 bits per heavy atom. The average molecular weight is 437 g/mol. The summed E-state index contributed by atoms with van der Waals surface area (Å²) in [7, 11) is -3.96. The van der Waals surface area contributed by atoms with Crippen LogP contribution in [0.5, 0.6) is 0 Å². The average Bonchev–Trinajstić information content (AvgIpc) is 2.78. The summed E-state index contributed by atoms with van der Waals surface area (Å²) in [6, 6.07) is 21.6. The van der Waals surface area contributed by atoms with Crippen LogP contribution >= 0.6 is 0 Å². The van der Waals surface area contributed by atoms with E-state index in [0.29, 0.717) is 16.9 Å². The fourth-order valence-electron chi connectivity index (χ4n) is 3.08. The molecular weight excluding hydrogens is 412 g/mol. The minimum Gasteiger partial charge on any atom is -0.324 e. The van der Waals surface area contributed by atoms with Crippen molar-refractivity contribution < 1.29 is 18.0 Å². The third kappa shape index (κ3) is 5.38. The molecule has 0 aliphatic carbocycles. The molecule has 0 radical (unpaired) electrons. The number of anilines is 2. The van der Waals surface area contributed by atoms with Gasteiger partial charge in [-0.1, -0.05) is 49.4 Å². The molecule has 0 aliphatic heterocycles. The highest BCUT2D eigenvalue weighted by Crippen LogP contribution is 2.24. The number of ketones is 1. The molecule has 1 amide bonds. The Labute approximate surface area is 182 Å². The van der Waals surface area contributed by atoms with E-state index in [-0.39, 0.29) is 10.7 Å². The molecule has 0 spiro atoms. The van der Waals surface area contributed by atoms with E-state index in [1.807, 2.05) is 19.1 Å². The zero-order valence-electron chi connectivity index (χ0n) is 17.4. The zero-order valence-corrected chi connectivity index (χ0v) is 18.2. The molecule has 0 heterocycles. The number of Topliss-reactive ketones (excluding diaryl/α,β-unsaturated/α-hetero) is 1. The van der Waals surface area contributed by atoms with Crippen molar-refractivity contribution in [3.63, 3.8) is 0 Å². The predicted molar refractivity (Wildman–Crippen MR) is 122 cm³/mol. The van der Waals surface area contributed by atoms with Gasteiger partial charge in [0.2, 0.25) is 5.91 Å². The Hall–Kier alpha value is -3.45. The van der Waals surface area contributed by atoms with Gasteiger partial charge < -0.3 is 5.32 Å². The Kier molecular flexibility index (Phi) is 6.87. The molecule has 7 heteroatoms. The second kappa shape index (κ2) is 9.57. The lowest BCUT2D eigenvalue weighted by atomic mass is 10.1. The first kappa shape index (κ1) is 22.2. The highest BCUT2D eigenvalue weighted by molar-refractivity contribution is 7.92. The highest BCUT2D eigenvalue weighted by atomic mass is 32.2.